The van der Waals surface area contributed by atoms with Crippen LogP contribution < -0.4 is 5.32 Å². The van der Waals surface area contributed by atoms with Crippen LogP contribution in [-0.2, 0) is 14.3 Å². The summed E-state index contributed by atoms with van der Waals surface area (Å²) in [7, 11) is 0. The lowest BCUT2D eigenvalue weighted by Gasteiger charge is -2.15. The molecule has 1 atom stereocenters. The number of anilines is 1. The van der Waals surface area contributed by atoms with Gasteiger partial charge in [-0.1, -0.05) is 66.5 Å². The van der Waals surface area contributed by atoms with Gasteiger partial charge in [0.25, 0.3) is 0 Å². The van der Waals surface area contributed by atoms with E-state index in [1.54, 1.807) is 30.4 Å². The molecule has 32 heavy (non-hydrogen) atoms. The number of carbonyl (C=O) groups excluding carboxylic acids is 2. The molecule has 0 bridgehead atoms. The van der Waals surface area contributed by atoms with Crippen LogP contribution in [0.15, 0.2) is 111 Å². The van der Waals surface area contributed by atoms with Gasteiger partial charge in [0.1, 0.15) is 12.7 Å². The molecule has 0 heterocycles. The second-order valence-corrected chi connectivity index (χ2v) is 8.93. The lowest BCUT2D eigenvalue weighted by molar-refractivity contribution is -0.140. The van der Waals surface area contributed by atoms with Crippen molar-refractivity contribution in [3.05, 3.63) is 91.5 Å². The van der Waals surface area contributed by atoms with Gasteiger partial charge in [-0.15, -0.1) is 0 Å². The maximum Gasteiger partial charge on any atom is 0.412 e. The van der Waals surface area contributed by atoms with Crippen LogP contribution in [0.1, 0.15) is 6.92 Å². The number of hydrogen-bond acceptors (Lipinski definition) is 6. The van der Waals surface area contributed by atoms with Crippen molar-refractivity contribution in [1.29, 1.82) is 0 Å². The SMILES string of the molecule is C=CC(=O)OCC(C)OC(=O)Nc1ccccc1Sc1cccc(Sc2ccccc2)c1. The average molecular weight is 466 g/mol. The van der Waals surface area contributed by atoms with Crippen molar-refractivity contribution in [2.75, 3.05) is 11.9 Å². The summed E-state index contributed by atoms with van der Waals surface area (Å²) in [6.07, 6.45) is -0.146. The second kappa shape index (κ2) is 12.0. The number of rotatable bonds is 9. The Morgan fingerprint density at radius 3 is 2.34 bits per heavy atom. The quantitative estimate of drug-likeness (QED) is 0.282. The Morgan fingerprint density at radius 1 is 0.938 bits per heavy atom. The van der Waals surface area contributed by atoms with Gasteiger partial charge in [-0.3, -0.25) is 5.32 Å². The van der Waals surface area contributed by atoms with Crippen LogP contribution in [0.3, 0.4) is 0 Å². The van der Waals surface area contributed by atoms with Crippen LogP contribution >= 0.6 is 23.5 Å². The molecule has 1 N–H and O–H groups in total. The van der Waals surface area contributed by atoms with E-state index in [4.69, 9.17) is 9.47 Å². The summed E-state index contributed by atoms with van der Waals surface area (Å²) < 4.78 is 10.2. The standard InChI is InChI=1S/C25H23NO4S2/c1-3-24(27)29-17-18(2)30-25(28)26-22-14-7-8-15-23(22)32-21-13-9-12-20(16-21)31-19-10-5-4-6-11-19/h3-16,18H,1,17H2,2H3,(H,26,28). The third-order valence-electron chi connectivity index (χ3n) is 4.07. The molecule has 3 aromatic rings. The maximum absolute atomic E-state index is 12.3. The Hall–Kier alpha value is -3.16. The van der Waals surface area contributed by atoms with Gasteiger partial charge in [-0.2, -0.15) is 0 Å². The molecule has 1 unspecified atom stereocenters. The van der Waals surface area contributed by atoms with Gasteiger partial charge in [0.15, 0.2) is 0 Å². The first-order valence-corrected chi connectivity index (χ1v) is 11.5. The first kappa shape index (κ1) is 23.5. The van der Waals surface area contributed by atoms with Crippen molar-refractivity contribution in [3.8, 4) is 0 Å². The number of esters is 1. The van der Waals surface area contributed by atoms with E-state index in [-0.39, 0.29) is 6.61 Å². The number of benzene rings is 3. The summed E-state index contributed by atoms with van der Waals surface area (Å²) >= 11 is 3.25. The van der Waals surface area contributed by atoms with Gasteiger partial charge in [0.05, 0.1) is 5.69 Å². The Morgan fingerprint density at radius 2 is 1.59 bits per heavy atom. The second-order valence-electron chi connectivity index (χ2n) is 6.66. The zero-order chi connectivity index (χ0) is 22.8. The first-order valence-electron chi connectivity index (χ1n) is 9.90. The minimum absolute atomic E-state index is 0.0411. The highest BCUT2D eigenvalue weighted by Gasteiger charge is 2.14. The van der Waals surface area contributed by atoms with Crippen molar-refractivity contribution in [3.63, 3.8) is 0 Å². The number of nitrogens with one attached hydrogen (secondary N) is 1. The monoisotopic (exact) mass is 465 g/mol. The molecule has 3 aromatic carbocycles. The zero-order valence-corrected chi connectivity index (χ0v) is 19.2. The lowest BCUT2D eigenvalue weighted by Crippen LogP contribution is -2.25. The highest BCUT2D eigenvalue weighted by Crippen LogP contribution is 2.36. The van der Waals surface area contributed by atoms with Gasteiger partial charge in [0.2, 0.25) is 0 Å². The van der Waals surface area contributed by atoms with Crippen molar-refractivity contribution < 1.29 is 19.1 Å². The molecule has 0 saturated heterocycles. The van der Waals surface area contributed by atoms with Crippen LogP contribution in [0.2, 0.25) is 0 Å². The molecule has 0 aliphatic carbocycles. The van der Waals surface area contributed by atoms with E-state index in [2.05, 4.69) is 36.2 Å². The first-order chi connectivity index (χ1) is 15.5. The topological polar surface area (TPSA) is 64.6 Å². The molecule has 7 heteroatoms. The fourth-order valence-electron chi connectivity index (χ4n) is 2.63. The van der Waals surface area contributed by atoms with Crippen LogP contribution in [0.4, 0.5) is 10.5 Å². The third kappa shape index (κ3) is 7.51. The number of carbonyl (C=O) groups is 2. The summed E-state index contributed by atoms with van der Waals surface area (Å²) in [6.45, 7) is 4.93. The third-order valence-corrected chi connectivity index (χ3v) is 6.13. The Kier molecular flexibility index (Phi) is 8.83. The molecule has 0 aliphatic heterocycles. The van der Waals surface area contributed by atoms with Gasteiger partial charge < -0.3 is 9.47 Å². The van der Waals surface area contributed by atoms with Crippen molar-refractivity contribution >= 4 is 41.3 Å². The molecule has 0 radical (unpaired) electrons. The summed E-state index contributed by atoms with van der Waals surface area (Å²) in [6, 6.07) is 25.9. The van der Waals surface area contributed by atoms with E-state index in [9.17, 15) is 9.59 Å². The molecule has 0 aromatic heterocycles. The number of para-hydroxylation sites is 1. The molecule has 0 spiro atoms. The van der Waals surface area contributed by atoms with Crippen molar-refractivity contribution in [1.82, 2.24) is 0 Å². The Bertz CT molecular complexity index is 1070. The Labute approximate surface area is 196 Å². The normalized spacial score (nSPS) is 11.3. The summed E-state index contributed by atoms with van der Waals surface area (Å²) in [5.74, 6) is -0.560. The van der Waals surface area contributed by atoms with Gasteiger partial charge >= 0.3 is 12.1 Å². The molecule has 164 valence electrons. The van der Waals surface area contributed by atoms with Crippen molar-refractivity contribution in [2.45, 2.75) is 32.6 Å². The van der Waals surface area contributed by atoms with Crippen LogP contribution in [0.25, 0.3) is 0 Å². The van der Waals surface area contributed by atoms with Crippen LogP contribution in [0, 0.1) is 0 Å². The van der Waals surface area contributed by atoms with Gasteiger partial charge in [-0.05, 0) is 49.4 Å². The van der Waals surface area contributed by atoms with Crippen LogP contribution in [-0.4, -0.2) is 24.8 Å². The van der Waals surface area contributed by atoms with E-state index in [0.29, 0.717) is 5.69 Å². The smallest absolute Gasteiger partial charge is 0.412 e. The minimum atomic E-state index is -0.617. The van der Waals surface area contributed by atoms with E-state index in [1.165, 1.54) is 4.90 Å². The molecule has 3 rings (SSSR count). The summed E-state index contributed by atoms with van der Waals surface area (Å²) in [4.78, 5) is 27.7. The molecule has 1 amide bonds. The average Bonchev–Trinajstić information content (AvgIpc) is 2.79. The maximum atomic E-state index is 12.3. The molecule has 0 aliphatic rings. The largest absolute Gasteiger partial charge is 0.459 e. The van der Waals surface area contributed by atoms with E-state index < -0.39 is 18.2 Å². The Balaban J connectivity index is 1.63. The molecular formula is C25H23NO4S2. The zero-order valence-electron chi connectivity index (χ0n) is 17.5. The predicted octanol–water partition coefficient (Wildman–Crippen LogP) is 6.66. The number of amides is 1. The van der Waals surface area contributed by atoms with Crippen LogP contribution in [0.5, 0.6) is 0 Å². The number of hydrogen-bond donors (Lipinski definition) is 1. The van der Waals surface area contributed by atoms with E-state index >= 15 is 0 Å². The van der Waals surface area contributed by atoms with Crippen molar-refractivity contribution in [2.24, 2.45) is 0 Å². The highest BCUT2D eigenvalue weighted by atomic mass is 32.2. The predicted molar refractivity (Wildman–Crippen MR) is 128 cm³/mol. The molecule has 0 fully saturated rings. The van der Waals surface area contributed by atoms with E-state index in [1.807, 2.05) is 54.6 Å². The molecule has 5 nitrogen and oxygen atoms in total. The number of ether oxygens (including phenoxy) is 2. The lowest BCUT2D eigenvalue weighted by atomic mass is 10.3. The molecule has 0 saturated carbocycles. The van der Waals surface area contributed by atoms with Gasteiger partial charge in [0, 0.05) is 25.7 Å². The fourth-order valence-corrected chi connectivity index (χ4v) is 4.56. The molecular weight excluding hydrogens is 442 g/mol. The summed E-state index contributed by atoms with van der Waals surface area (Å²) in [5.41, 5.74) is 0.638. The minimum Gasteiger partial charge on any atom is -0.459 e. The van der Waals surface area contributed by atoms with Gasteiger partial charge in [-0.25, -0.2) is 9.59 Å². The van der Waals surface area contributed by atoms with E-state index in [0.717, 1.165) is 20.8 Å². The summed E-state index contributed by atoms with van der Waals surface area (Å²) in [5, 5.41) is 2.77. The fraction of sp³-hybridized carbons (Fsp3) is 0.120. The highest BCUT2D eigenvalue weighted by molar-refractivity contribution is 8.00.